The van der Waals surface area contributed by atoms with E-state index in [1.807, 2.05) is 13.0 Å². The monoisotopic (exact) mass is 401 g/mol. The molecule has 0 radical (unpaired) electrons. The van der Waals surface area contributed by atoms with Crippen LogP contribution in [0.1, 0.15) is 5.56 Å². The van der Waals surface area contributed by atoms with Gasteiger partial charge in [0.1, 0.15) is 0 Å². The highest BCUT2D eigenvalue weighted by Crippen LogP contribution is 2.37. The first-order valence-electron chi connectivity index (χ1n) is 7.82. The fraction of sp³-hybridized carbons (Fsp3) is 0.0556. The summed E-state index contributed by atoms with van der Waals surface area (Å²) in [6.45, 7) is 1.81. The molecule has 0 saturated heterocycles. The summed E-state index contributed by atoms with van der Waals surface area (Å²) in [6, 6.07) is 16.1. The van der Waals surface area contributed by atoms with Crippen molar-refractivity contribution in [1.82, 2.24) is 4.98 Å². The molecule has 0 unspecified atom stereocenters. The minimum Gasteiger partial charge on any atom is -0.278 e. The number of nitrogens with zero attached hydrogens (tertiary/aromatic N) is 2. The smallest absolute Gasteiger partial charge is 0.278 e. The fourth-order valence-electron chi connectivity index (χ4n) is 2.33. The zero-order valence-electron chi connectivity index (χ0n) is 14.2. The van der Waals surface area contributed by atoms with Gasteiger partial charge >= 0.3 is 5.69 Å². The lowest BCUT2D eigenvalue weighted by Crippen LogP contribution is -2.13. The van der Waals surface area contributed by atoms with Crippen LogP contribution in [0.4, 0.5) is 11.4 Å². The van der Waals surface area contributed by atoms with E-state index < -0.39 is 14.9 Å². The molecule has 3 rings (SSSR count). The van der Waals surface area contributed by atoms with Crippen molar-refractivity contribution >= 4 is 33.2 Å². The Balaban J connectivity index is 1.95. The number of benzene rings is 2. The molecule has 1 heterocycles. The number of nitro groups is 1. The number of nitrogens with one attached hydrogen (secondary N) is 1. The molecule has 0 aliphatic carbocycles. The SMILES string of the molecule is Cc1cccc(S(=O)(=O)Nc2ccccc2Sc2ncccc2[N+](=O)[O-])c1. The Bertz CT molecular complexity index is 1100. The van der Waals surface area contributed by atoms with Crippen molar-refractivity contribution in [2.75, 3.05) is 4.72 Å². The van der Waals surface area contributed by atoms with Crippen molar-refractivity contribution in [3.8, 4) is 0 Å². The molecule has 3 aromatic rings. The van der Waals surface area contributed by atoms with E-state index in [1.54, 1.807) is 36.4 Å². The third kappa shape index (κ3) is 4.44. The van der Waals surface area contributed by atoms with Gasteiger partial charge in [0.05, 0.1) is 15.5 Å². The van der Waals surface area contributed by atoms with Crippen molar-refractivity contribution in [2.24, 2.45) is 0 Å². The summed E-state index contributed by atoms with van der Waals surface area (Å²) >= 11 is 1.03. The number of hydrogen-bond donors (Lipinski definition) is 1. The van der Waals surface area contributed by atoms with E-state index in [1.165, 1.54) is 24.4 Å². The average molecular weight is 401 g/mol. The quantitative estimate of drug-likeness (QED) is 0.489. The van der Waals surface area contributed by atoms with Crippen LogP contribution >= 0.6 is 11.8 Å². The van der Waals surface area contributed by atoms with Crippen LogP contribution in [0.5, 0.6) is 0 Å². The molecule has 0 amide bonds. The Hall–Kier alpha value is -2.91. The number of aryl methyl sites for hydroxylation is 1. The van der Waals surface area contributed by atoms with E-state index in [0.717, 1.165) is 17.3 Å². The minimum absolute atomic E-state index is 0.140. The first-order chi connectivity index (χ1) is 12.9. The number of para-hydroxylation sites is 1. The summed E-state index contributed by atoms with van der Waals surface area (Å²) in [5.74, 6) is 0. The molecule has 7 nitrogen and oxygen atoms in total. The zero-order valence-corrected chi connectivity index (χ0v) is 15.8. The molecular formula is C18H15N3O4S2. The maximum Gasteiger partial charge on any atom is 0.301 e. The van der Waals surface area contributed by atoms with Gasteiger partial charge in [-0.2, -0.15) is 0 Å². The molecule has 27 heavy (non-hydrogen) atoms. The first kappa shape index (κ1) is 18.9. The maximum absolute atomic E-state index is 12.7. The summed E-state index contributed by atoms with van der Waals surface area (Å²) in [5.41, 5.74) is 1.01. The predicted molar refractivity (Wildman–Crippen MR) is 103 cm³/mol. The largest absolute Gasteiger partial charge is 0.301 e. The highest BCUT2D eigenvalue weighted by atomic mass is 32.2. The molecule has 0 aliphatic rings. The van der Waals surface area contributed by atoms with Gasteiger partial charge in [-0.3, -0.25) is 14.8 Å². The molecule has 1 N–H and O–H groups in total. The van der Waals surface area contributed by atoms with Crippen LogP contribution in [0.25, 0.3) is 0 Å². The van der Waals surface area contributed by atoms with Crippen LogP contribution in [0.2, 0.25) is 0 Å². The number of aromatic nitrogens is 1. The van der Waals surface area contributed by atoms with Gasteiger partial charge in [0.15, 0.2) is 5.03 Å². The summed E-state index contributed by atoms with van der Waals surface area (Å²) in [7, 11) is -3.79. The topological polar surface area (TPSA) is 102 Å². The number of hydrogen-bond acceptors (Lipinski definition) is 6. The van der Waals surface area contributed by atoms with Gasteiger partial charge in [-0.05, 0) is 42.8 Å². The van der Waals surface area contributed by atoms with E-state index in [2.05, 4.69) is 9.71 Å². The van der Waals surface area contributed by atoms with Crippen molar-refractivity contribution in [3.05, 3.63) is 82.5 Å². The maximum atomic E-state index is 12.7. The van der Waals surface area contributed by atoms with Crippen LogP contribution in [-0.4, -0.2) is 18.3 Å². The molecular weight excluding hydrogens is 386 g/mol. The van der Waals surface area contributed by atoms with Gasteiger partial charge in [-0.1, -0.05) is 36.0 Å². The molecule has 1 aromatic heterocycles. The standard InChI is InChI=1S/C18H15N3O4S2/c1-13-6-4-7-14(12-13)27(24,25)20-15-8-2-3-10-17(15)26-18-16(21(22)23)9-5-11-19-18/h2-12,20H,1H3. The van der Waals surface area contributed by atoms with Gasteiger partial charge in [-0.15, -0.1) is 0 Å². The van der Waals surface area contributed by atoms with E-state index in [4.69, 9.17) is 0 Å². The molecule has 138 valence electrons. The van der Waals surface area contributed by atoms with Gasteiger partial charge in [0.2, 0.25) is 0 Å². The van der Waals surface area contributed by atoms with E-state index in [-0.39, 0.29) is 15.6 Å². The van der Waals surface area contributed by atoms with Gasteiger partial charge < -0.3 is 0 Å². The average Bonchev–Trinajstić information content (AvgIpc) is 2.63. The number of rotatable bonds is 6. The fourth-order valence-corrected chi connectivity index (χ4v) is 4.52. The molecule has 0 fully saturated rings. The van der Waals surface area contributed by atoms with Crippen LogP contribution in [-0.2, 0) is 10.0 Å². The lowest BCUT2D eigenvalue weighted by molar-refractivity contribution is -0.388. The molecule has 0 saturated carbocycles. The van der Waals surface area contributed by atoms with Gasteiger partial charge in [0, 0.05) is 17.2 Å². The Morgan fingerprint density at radius 3 is 2.59 bits per heavy atom. The molecule has 0 spiro atoms. The second-order valence-corrected chi connectivity index (χ2v) is 8.32. The van der Waals surface area contributed by atoms with Crippen molar-refractivity contribution in [2.45, 2.75) is 21.7 Å². The van der Waals surface area contributed by atoms with Crippen molar-refractivity contribution < 1.29 is 13.3 Å². The lowest BCUT2D eigenvalue weighted by Gasteiger charge is -2.12. The van der Waals surface area contributed by atoms with Crippen molar-refractivity contribution in [1.29, 1.82) is 0 Å². The highest BCUT2D eigenvalue weighted by molar-refractivity contribution is 7.99. The first-order valence-corrected chi connectivity index (χ1v) is 10.1. The van der Waals surface area contributed by atoms with Gasteiger partial charge in [-0.25, -0.2) is 13.4 Å². The zero-order chi connectivity index (χ0) is 19.4. The third-order valence-electron chi connectivity index (χ3n) is 3.59. The highest BCUT2D eigenvalue weighted by Gasteiger charge is 2.20. The van der Waals surface area contributed by atoms with E-state index in [0.29, 0.717) is 10.6 Å². The molecule has 9 heteroatoms. The Labute approximate surface area is 160 Å². The summed E-state index contributed by atoms with van der Waals surface area (Å²) < 4.78 is 27.9. The third-order valence-corrected chi connectivity index (χ3v) is 6.03. The van der Waals surface area contributed by atoms with E-state index >= 15 is 0 Å². The Morgan fingerprint density at radius 2 is 1.85 bits per heavy atom. The molecule has 0 atom stereocenters. The number of pyridine rings is 1. The van der Waals surface area contributed by atoms with Crippen LogP contribution in [0.15, 0.2) is 81.7 Å². The number of anilines is 1. The summed E-state index contributed by atoms with van der Waals surface area (Å²) in [4.78, 5) is 15.4. The molecule has 2 aromatic carbocycles. The summed E-state index contributed by atoms with van der Waals surface area (Å²) in [6.07, 6.45) is 1.45. The Kier molecular flexibility index (Phi) is 5.43. The Morgan fingerprint density at radius 1 is 1.07 bits per heavy atom. The van der Waals surface area contributed by atoms with E-state index in [9.17, 15) is 18.5 Å². The van der Waals surface area contributed by atoms with Crippen LogP contribution in [0.3, 0.4) is 0 Å². The van der Waals surface area contributed by atoms with Crippen LogP contribution in [0, 0.1) is 17.0 Å². The van der Waals surface area contributed by atoms with Crippen LogP contribution < -0.4 is 4.72 Å². The molecule has 0 bridgehead atoms. The molecule has 0 aliphatic heterocycles. The normalized spacial score (nSPS) is 11.1. The number of sulfonamides is 1. The van der Waals surface area contributed by atoms with Gasteiger partial charge in [0.25, 0.3) is 10.0 Å². The minimum atomic E-state index is -3.79. The predicted octanol–water partition coefficient (Wildman–Crippen LogP) is 4.25. The summed E-state index contributed by atoms with van der Waals surface area (Å²) in [5, 5.41) is 11.4. The second kappa shape index (κ2) is 7.77. The van der Waals surface area contributed by atoms with Crippen molar-refractivity contribution in [3.63, 3.8) is 0 Å². The second-order valence-electron chi connectivity index (χ2n) is 5.61. The lowest BCUT2D eigenvalue weighted by atomic mass is 10.2.